The lowest BCUT2D eigenvalue weighted by atomic mass is 10.4. The van der Waals surface area contributed by atoms with Crippen LogP contribution >= 0.6 is 11.3 Å². The van der Waals surface area contributed by atoms with Crippen molar-refractivity contribution in [3.63, 3.8) is 0 Å². The van der Waals surface area contributed by atoms with Crippen molar-refractivity contribution in [2.75, 3.05) is 20.8 Å². The number of rotatable bonds is 5. The molecule has 0 aliphatic rings. The molecule has 0 aliphatic carbocycles. The Morgan fingerprint density at radius 2 is 2.25 bits per heavy atom. The summed E-state index contributed by atoms with van der Waals surface area (Å²) in [6.45, 7) is 2.58. The standard InChI is InChI=1S/C11H17F3N4OS/c1-7(5-19-3)17-10(15-2)16-4-9-18-8(6-20-9)11(12,13)14/h6-7H,4-5H2,1-3H3,(H2,15,16,17). The number of nitrogens with one attached hydrogen (secondary N) is 2. The van der Waals surface area contributed by atoms with Gasteiger partial charge in [-0.05, 0) is 6.92 Å². The van der Waals surface area contributed by atoms with E-state index in [-0.39, 0.29) is 12.6 Å². The fourth-order valence-corrected chi connectivity index (χ4v) is 2.14. The van der Waals surface area contributed by atoms with Gasteiger partial charge in [-0.2, -0.15) is 13.2 Å². The second-order valence-corrected chi connectivity index (χ2v) is 4.99. The minimum Gasteiger partial charge on any atom is -0.383 e. The number of alkyl halides is 3. The van der Waals surface area contributed by atoms with Gasteiger partial charge in [0.2, 0.25) is 0 Å². The van der Waals surface area contributed by atoms with Gasteiger partial charge in [-0.1, -0.05) is 0 Å². The lowest BCUT2D eigenvalue weighted by molar-refractivity contribution is -0.140. The Balaban J connectivity index is 2.51. The van der Waals surface area contributed by atoms with Crippen molar-refractivity contribution in [2.45, 2.75) is 25.7 Å². The van der Waals surface area contributed by atoms with Gasteiger partial charge in [-0.3, -0.25) is 4.99 Å². The maximum absolute atomic E-state index is 12.4. The number of ether oxygens (including phenoxy) is 1. The third-order valence-corrected chi connectivity index (χ3v) is 3.12. The highest BCUT2D eigenvalue weighted by atomic mass is 32.1. The average Bonchev–Trinajstić information content (AvgIpc) is 2.83. The van der Waals surface area contributed by atoms with Gasteiger partial charge in [0, 0.05) is 25.6 Å². The van der Waals surface area contributed by atoms with Gasteiger partial charge in [0.1, 0.15) is 5.01 Å². The van der Waals surface area contributed by atoms with Crippen LogP contribution < -0.4 is 10.6 Å². The molecule has 0 aliphatic heterocycles. The zero-order chi connectivity index (χ0) is 15.2. The lowest BCUT2D eigenvalue weighted by Gasteiger charge is -2.16. The molecule has 5 nitrogen and oxygen atoms in total. The number of methoxy groups -OCH3 is 1. The van der Waals surface area contributed by atoms with E-state index in [9.17, 15) is 13.2 Å². The maximum atomic E-state index is 12.4. The normalized spacial score (nSPS) is 14.2. The van der Waals surface area contributed by atoms with Crippen LogP contribution in [0.3, 0.4) is 0 Å². The molecule has 0 fully saturated rings. The Bertz CT molecular complexity index is 447. The molecule has 2 N–H and O–H groups in total. The minimum absolute atomic E-state index is 0.0354. The predicted octanol–water partition coefficient (Wildman–Crippen LogP) is 1.86. The predicted molar refractivity (Wildman–Crippen MR) is 71.8 cm³/mol. The van der Waals surface area contributed by atoms with Gasteiger partial charge in [0.05, 0.1) is 13.2 Å². The van der Waals surface area contributed by atoms with E-state index in [2.05, 4.69) is 20.6 Å². The van der Waals surface area contributed by atoms with E-state index in [1.165, 1.54) is 0 Å². The van der Waals surface area contributed by atoms with Gasteiger partial charge in [-0.25, -0.2) is 4.98 Å². The second-order valence-electron chi connectivity index (χ2n) is 4.05. The summed E-state index contributed by atoms with van der Waals surface area (Å²) in [4.78, 5) is 7.50. The van der Waals surface area contributed by atoms with Crippen LogP contribution in [0.25, 0.3) is 0 Å². The molecule has 1 heterocycles. The zero-order valence-electron chi connectivity index (χ0n) is 11.4. The van der Waals surface area contributed by atoms with Crippen LogP contribution in [-0.2, 0) is 17.5 Å². The average molecular weight is 310 g/mol. The van der Waals surface area contributed by atoms with Crippen LogP contribution in [0.15, 0.2) is 10.4 Å². The fourth-order valence-electron chi connectivity index (χ4n) is 1.40. The highest BCUT2D eigenvalue weighted by molar-refractivity contribution is 7.09. The topological polar surface area (TPSA) is 58.5 Å². The van der Waals surface area contributed by atoms with Crippen molar-refractivity contribution in [1.82, 2.24) is 15.6 Å². The van der Waals surface area contributed by atoms with E-state index >= 15 is 0 Å². The van der Waals surface area contributed by atoms with E-state index in [0.717, 1.165) is 16.7 Å². The first-order chi connectivity index (χ1) is 9.36. The van der Waals surface area contributed by atoms with E-state index in [0.29, 0.717) is 17.6 Å². The first-order valence-electron chi connectivity index (χ1n) is 5.84. The van der Waals surface area contributed by atoms with Crippen molar-refractivity contribution in [3.05, 3.63) is 16.1 Å². The molecular weight excluding hydrogens is 293 g/mol. The molecule has 1 aromatic rings. The number of nitrogens with zero attached hydrogens (tertiary/aromatic N) is 2. The molecule has 114 valence electrons. The van der Waals surface area contributed by atoms with Crippen molar-refractivity contribution >= 4 is 17.3 Å². The second kappa shape index (κ2) is 7.44. The number of hydrogen-bond donors (Lipinski definition) is 2. The summed E-state index contributed by atoms with van der Waals surface area (Å²) in [7, 11) is 3.17. The van der Waals surface area contributed by atoms with Gasteiger partial charge < -0.3 is 15.4 Å². The lowest BCUT2D eigenvalue weighted by Crippen LogP contribution is -2.43. The third kappa shape index (κ3) is 5.33. The molecule has 1 unspecified atom stereocenters. The monoisotopic (exact) mass is 310 g/mol. The number of guanidine groups is 1. The molecule has 1 aromatic heterocycles. The molecule has 1 rings (SSSR count). The van der Waals surface area contributed by atoms with Crippen molar-refractivity contribution < 1.29 is 17.9 Å². The molecule has 0 saturated heterocycles. The van der Waals surface area contributed by atoms with E-state index in [4.69, 9.17) is 4.74 Å². The van der Waals surface area contributed by atoms with Crippen molar-refractivity contribution in [1.29, 1.82) is 0 Å². The van der Waals surface area contributed by atoms with Crippen LogP contribution in [0.1, 0.15) is 17.6 Å². The third-order valence-electron chi connectivity index (χ3n) is 2.27. The molecule has 1 atom stereocenters. The van der Waals surface area contributed by atoms with Gasteiger partial charge in [0.25, 0.3) is 0 Å². The molecule has 0 saturated carbocycles. The highest BCUT2D eigenvalue weighted by Gasteiger charge is 2.33. The Morgan fingerprint density at radius 1 is 1.55 bits per heavy atom. The molecule has 0 amide bonds. The Morgan fingerprint density at radius 3 is 2.75 bits per heavy atom. The van der Waals surface area contributed by atoms with Crippen LogP contribution in [0, 0.1) is 0 Å². The number of hydrogen-bond acceptors (Lipinski definition) is 4. The summed E-state index contributed by atoms with van der Waals surface area (Å²) < 4.78 is 42.2. The van der Waals surface area contributed by atoms with Crippen LogP contribution in [-0.4, -0.2) is 37.7 Å². The van der Waals surface area contributed by atoms with Crippen LogP contribution in [0.5, 0.6) is 0 Å². The van der Waals surface area contributed by atoms with E-state index < -0.39 is 11.9 Å². The van der Waals surface area contributed by atoms with Crippen LogP contribution in [0.2, 0.25) is 0 Å². The largest absolute Gasteiger partial charge is 0.434 e. The fraction of sp³-hybridized carbons (Fsp3) is 0.636. The summed E-state index contributed by atoms with van der Waals surface area (Å²) >= 11 is 0.957. The van der Waals surface area contributed by atoms with Crippen LogP contribution in [0.4, 0.5) is 13.2 Å². The number of aromatic nitrogens is 1. The van der Waals surface area contributed by atoms with Crippen molar-refractivity contribution in [3.8, 4) is 0 Å². The SMILES string of the molecule is CN=C(NCc1nc(C(F)(F)F)cs1)NC(C)COC. The summed E-state index contributed by atoms with van der Waals surface area (Å²) in [5.74, 6) is 0.485. The summed E-state index contributed by atoms with van der Waals surface area (Å²) in [6.07, 6.45) is -4.40. The Kier molecular flexibility index (Phi) is 6.21. The smallest absolute Gasteiger partial charge is 0.383 e. The van der Waals surface area contributed by atoms with Gasteiger partial charge in [0.15, 0.2) is 11.7 Å². The maximum Gasteiger partial charge on any atom is 0.434 e. The van der Waals surface area contributed by atoms with Crippen molar-refractivity contribution in [2.24, 2.45) is 4.99 Å². The number of halogens is 3. The number of thiazole rings is 1. The van der Waals surface area contributed by atoms with E-state index in [1.54, 1.807) is 14.2 Å². The summed E-state index contributed by atoms with van der Waals surface area (Å²) in [6, 6.07) is 0.0354. The molecule has 20 heavy (non-hydrogen) atoms. The minimum atomic E-state index is -4.40. The molecule has 0 spiro atoms. The summed E-state index contributed by atoms with van der Waals surface area (Å²) in [5, 5.41) is 7.29. The van der Waals surface area contributed by atoms with Gasteiger partial charge >= 0.3 is 6.18 Å². The first kappa shape index (κ1) is 16.7. The molecule has 9 heteroatoms. The quantitative estimate of drug-likeness (QED) is 0.644. The molecule has 0 aromatic carbocycles. The summed E-state index contributed by atoms with van der Waals surface area (Å²) in [5.41, 5.74) is -0.866. The highest BCUT2D eigenvalue weighted by Crippen LogP contribution is 2.29. The van der Waals surface area contributed by atoms with Gasteiger partial charge in [-0.15, -0.1) is 11.3 Å². The zero-order valence-corrected chi connectivity index (χ0v) is 12.2. The molecule has 0 radical (unpaired) electrons. The Labute approximate surface area is 119 Å². The number of aliphatic imine (C=N–C) groups is 1. The van der Waals surface area contributed by atoms with E-state index in [1.807, 2.05) is 6.92 Å². The molecular formula is C11H17F3N4OS. The first-order valence-corrected chi connectivity index (χ1v) is 6.72. The molecule has 0 bridgehead atoms. The Hall–Kier alpha value is -1.35.